The normalized spacial score (nSPS) is 18.7. The molecule has 142 valence electrons. The van der Waals surface area contributed by atoms with E-state index in [2.05, 4.69) is 21.2 Å². The van der Waals surface area contributed by atoms with Crippen LogP contribution in [0.1, 0.15) is 24.8 Å². The zero-order valence-corrected chi connectivity index (χ0v) is 16.6. The van der Waals surface area contributed by atoms with E-state index in [9.17, 15) is 9.18 Å². The van der Waals surface area contributed by atoms with Crippen molar-refractivity contribution in [3.05, 3.63) is 58.3 Å². The van der Waals surface area contributed by atoms with E-state index >= 15 is 0 Å². The van der Waals surface area contributed by atoms with Crippen LogP contribution in [-0.2, 0) is 14.9 Å². The number of benzene rings is 2. The lowest BCUT2D eigenvalue weighted by atomic mass is 9.64. The Morgan fingerprint density at radius 2 is 1.81 bits per heavy atom. The van der Waals surface area contributed by atoms with Crippen molar-refractivity contribution in [2.24, 2.45) is 0 Å². The van der Waals surface area contributed by atoms with Crippen molar-refractivity contribution in [1.29, 1.82) is 0 Å². The van der Waals surface area contributed by atoms with Crippen molar-refractivity contribution in [3.63, 3.8) is 0 Å². The minimum Gasteiger partial charge on any atom is -0.378 e. The van der Waals surface area contributed by atoms with Gasteiger partial charge in [-0.25, -0.2) is 4.39 Å². The molecule has 2 aromatic carbocycles. The molecule has 1 aliphatic carbocycles. The Kier molecular flexibility index (Phi) is 5.19. The Morgan fingerprint density at radius 3 is 2.41 bits per heavy atom. The van der Waals surface area contributed by atoms with Crippen molar-refractivity contribution in [3.8, 4) is 0 Å². The Bertz CT molecular complexity index is 831. The number of ether oxygens (including phenoxy) is 1. The van der Waals surface area contributed by atoms with Crippen molar-refractivity contribution >= 4 is 33.2 Å². The summed E-state index contributed by atoms with van der Waals surface area (Å²) in [5.41, 5.74) is 1.56. The van der Waals surface area contributed by atoms with E-state index in [0.717, 1.165) is 29.3 Å². The van der Waals surface area contributed by atoms with Gasteiger partial charge in [0.2, 0.25) is 5.91 Å². The van der Waals surface area contributed by atoms with E-state index in [1.165, 1.54) is 6.07 Å². The number of nitrogens with one attached hydrogen (secondary N) is 1. The first-order valence-electron chi connectivity index (χ1n) is 9.28. The van der Waals surface area contributed by atoms with Gasteiger partial charge in [-0.1, -0.05) is 34.5 Å². The molecule has 4 nitrogen and oxygen atoms in total. The van der Waals surface area contributed by atoms with Crippen LogP contribution in [0.25, 0.3) is 0 Å². The summed E-state index contributed by atoms with van der Waals surface area (Å²) in [5.74, 6) is -0.379. The average Bonchev–Trinajstić information content (AvgIpc) is 2.63. The molecule has 4 rings (SSSR count). The van der Waals surface area contributed by atoms with Crippen LogP contribution in [0.4, 0.5) is 15.8 Å². The quantitative estimate of drug-likeness (QED) is 0.773. The zero-order valence-electron chi connectivity index (χ0n) is 15.0. The van der Waals surface area contributed by atoms with Crippen LogP contribution in [0.15, 0.2) is 46.9 Å². The fourth-order valence-corrected chi connectivity index (χ4v) is 4.11. The van der Waals surface area contributed by atoms with Crippen molar-refractivity contribution in [2.45, 2.75) is 24.7 Å². The molecule has 1 saturated carbocycles. The van der Waals surface area contributed by atoms with Crippen molar-refractivity contribution in [2.75, 3.05) is 36.5 Å². The molecule has 0 spiro atoms. The van der Waals surface area contributed by atoms with Crippen LogP contribution in [0.2, 0.25) is 0 Å². The molecule has 0 atom stereocenters. The van der Waals surface area contributed by atoms with Crippen LogP contribution in [0.3, 0.4) is 0 Å². The fourth-order valence-electron chi connectivity index (χ4n) is 3.84. The molecule has 1 heterocycles. The Hall–Kier alpha value is -1.92. The molecule has 2 aromatic rings. The molecule has 0 bridgehead atoms. The molecule has 1 N–H and O–H groups in total. The highest BCUT2D eigenvalue weighted by Crippen LogP contribution is 2.45. The van der Waals surface area contributed by atoms with Crippen LogP contribution < -0.4 is 10.2 Å². The molecular weight excluding hydrogens is 411 g/mol. The topological polar surface area (TPSA) is 41.6 Å². The van der Waals surface area contributed by atoms with Crippen molar-refractivity contribution < 1.29 is 13.9 Å². The monoisotopic (exact) mass is 432 g/mol. The summed E-state index contributed by atoms with van der Waals surface area (Å²) in [4.78, 5) is 15.0. The summed E-state index contributed by atoms with van der Waals surface area (Å²) in [7, 11) is 0. The van der Waals surface area contributed by atoms with Gasteiger partial charge in [-0.2, -0.15) is 0 Å². The Balaban J connectivity index is 1.52. The summed E-state index contributed by atoms with van der Waals surface area (Å²) in [6.07, 6.45) is 2.65. The molecule has 0 aromatic heterocycles. The first-order valence-corrected chi connectivity index (χ1v) is 10.1. The van der Waals surface area contributed by atoms with Gasteiger partial charge in [-0.15, -0.1) is 0 Å². The molecule has 2 fully saturated rings. The summed E-state index contributed by atoms with van der Waals surface area (Å²) in [5, 5.41) is 2.93. The second kappa shape index (κ2) is 7.60. The molecule has 27 heavy (non-hydrogen) atoms. The maximum absolute atomic E-state index is 14.6. The number of hydrogen-bond donors (Lipinski definition) is 1. The molecule has 0 unspecified atom stereocenters. The summed E-state index contributed by atoms with van der Waals surface area (Å²) >= 11 is 3.44. The van der Waals surface area contributed by atoms with E-state index in [1.807, 2.05) is 29.2 Å². The van der Waals surface area contributed by atoms with Gasteiger partial charge in [0.15, 0.2) is 0 Å². The van der Waals surface area contributed by atoms with Crippen LogP contribution in [0, 0.1) is 5.82 Å². The maximum Gasteiger partial charge on any atom is 0.235 e. The molecule has 1 saturated heterocycles. The van der Waals surface area contributed by atoms with E-state index < -0.39 is 5.41 Å². The molecule has 0 radical (unpaired) electrons. The SMILES string of the molecule is O=C(Nc1ccc(N2CCOCC2)c(F)c1)C1(c2ccc(Br)cc2)CCC1. The lowest BCUT2D eigenvalue weighted by molar-refractivity contribution is -0.124. The largest absolute Gasteiger partial charge is 0.378 e. The Morgan fingerprint density at radius 1 is 1.11 bits per heavy atom. The number of rotatable bonds is 4. The van der Waals surface area contributed by atoms with E-state index in [1.54, 1.807) is 12.1 Å². The maximum atomic E-state index is 14.6. The van der Waals surface area contributed by atoms with Crippen LogP contribution in [0.5, 0.6) is 0 Å². The average molecular weight is 433 g/mol. The standard InChI is InChI=1S/C21H22BrFN2O2/c22-16-4-2-15(3-5-16)21(8-1-9-21)20(26)24-17-6-7-19(18(23)14-17)25-10-12-27-13-11-25/h2-7,14H,1,8-13H2,(H,24,26). The van der Waals surface area contributed by atoms with Crippen LogP contribution >= 0.6 is 15.9 Å². The van der Waals surface area contributed by atoms with Gasteiger partial charge in [-0.3, -0.25) is 4.79 Å². The molecule has 6 heteroatoms. The third-order valence-corrected chi connectivity index (χ3v) is 6.12. The Labute approximate surface area is 166 Å². The highest BCUT2D eigenvalue weighted by molar-refractivity contribution is 9.10. The minimum atomic E-state index is -0.514. The lowest BCUT2D eigenvalue weighted by Crippen LogP contribution is -2.46. The number of halogens is 2. The predicted molar refractivity (Wildman–Crippen MR) is 108 cm³/mol. The van der Waals surface area contributed by atoms with Gasteiger partial charge in [-0.05, 0) is 48.7 Å². The molecular formula is C21H22BrFN2O2. The van der Waals surface area contributed by atoms with E-state index in [4.69, 9.17) is 4.74 Å². The van der Waals surface area contributed by atoms with Gasteiger partial charge < -0.3 is 15.0 Å². The second-order valence-corrected chi connectivity index (χ2v) is 8.08. The molecule has 1 aliphatic heterocycles. The van der Waals surface area contributed by atoms with Gasteiger partial charge in [0, 0.05) is 23.2 Å². The fraction of sp³-hybridized carbons (Fsp3) is 0.381. The number of hydrogen-bond acceptors (Lipinski definition) is 3. The molecule has 2 aliphatic rings. The number of amides is 1. The van der Waals surface area contributed by atoms with Crippen molar-refractivity contribution in [1.82, 2.24) is 0 Å². The zero-order chi connectivity index (χ0) is 18.9. The first-order chi connectivity index (χ1) is 13.1. The summed E-state index contributed by atoms with van der Waals surface area (Å²) in [6, 6.07) is 12.8. The number of carbonyl (C=O) groups is 1. The number of carbonyl (C=O) groups excluding carboxylic acids is 1. The minimum absolute atomic E-state index is 0.0606. The van der Waals surface area contributed by atoms with Gasteiger partial charge in [0.1, 0.15) is 5.82 Å². The second-order valence-electron chi connectivity index (χ2n) is 7.16. The third kappa shape index (κ3) is 3.60. The highest BCUT2D eigenvalue weighted by atomic mass is 79.9. The number of morpholine rings is 1. The third-order valence-electron chi connectivity index (χ3n) is 5.60. The van der Waals surface area contributed by atoms with Gasteiger partial charge in [0.25, 0.3) is 0 Å². The summed E-state index contributed by atoms with van der Waals surface area (Å²) in [6.45, 7) is 2.56. The van der Waals surface area contributed by atoms with E-state index in [-0.39, 0.29) is 11.7 Å². The first kappa shape index (κ1) is 18.4. The number of anilines is 2. The predicted octanol–water partition coefficient (Wildman–Crippen LogP) is 4.49. The lowest BCUT2D eigenvalue weighted by Gasteiger charge is -2.40. The van der Waals surface area contributed by atoms with E-state index in [0.29, 0.717) is 37.7 Å². The van der Waals surface area contributed by atoms with Crippen LogP contribution in [-0.4, -0.2) is 32.2 Å². The van der Waals surface area contributed by atoms with Gasteiger partial charge >= 0.3 is 0 Å². The highest BCUT2D eigenvalue weighted by Gasteiger charge is 2.45. The number of nitrogens with zero attached hydrogens (tertiary/aromatic N) is 1. The summed E-state index contributed by atoms with van der Waals surface area (Å²) < 4.78 is 20.9. The molecule has 1 amide bonds. The smallest absolute Gasteiger partial charge is 0.235 e. The van der Waals surface area contributed by atoms with Gasteiger partial charge in [0.05, 0.1) is 24.3 Å².